The third-order valence-electron chi connectivity index (χ3n) is 2.96. The molecule has 0 aliphatic heterocycles. The van der Waals surface area contributed by atoms with E-state index < -0.39 is 0 Å². The molecule has 1 atom stereocenters. The molecule has 1 heterocycles. The Morgan fingerprint density at radius 2 is 2.05 bits per heavy atom. The van der Waals surface area contributed by atoms with E-state index in [9.17, 15) is 5.11 Å². The number of methoxy groups -OCH3 is 2. The largest absolute Gasteiger partial charge is 0.497 e. The Labute approximate surface area is 118 Å². The number of nitrogens with one attached hydrogen (secondary N) is 1. The molecule has 1 unspecified atom stereocenters. The summed E-state index contributed by atoms with van der Waals surface area (Å²) in [6.45, 7) is -0.0365. The number of aliphatic hydroxyl groups excluding tert-OH is 1. The normalized spacial score (nSPS) is 11.8. The highest BCUT2D eigenvalue weighted by molar-refractivity contribution is 5.49. The summed E-state index contributed by atoms with van der Waals surface area (Å²) in [5.41, 5.74) is 1.76. The van der Waals surface area contributed by atoms with Crippen molar-refractivity contribution in [2.24, 2.45) is 0 Å². The van der Waals surface area contributed by atoms with E-state index in [2.05, 4.69) is 10.3 Å². The molecule has 20 heavy (non-hydrogen) atoms. The van der Waals surface area contributed by atoms with Crippen LogP contribution in [0.5, 0.6) is 11.6 Å². The Kier molecular flexibility index (Phi) is 4.79. The molecule has 106 valence electrons. The van der Waals surface area contributed by atoms with Gasteiger partial charge in [-0.3, -0.25) is 0 Å². The number of benzene rings is 1. The van der Waals surface area contributed by atoms with Crippen molar-refractivity contribution in [3.05, 3.63) is 48.2 Å². The van der Waals surface area contributed by atoms with E-state index in [0.29, 0.717) is 5.88 Å². The Hall–Kier alpha value is -2.27. The van der Waals surface area contributed by atoms with E-state index in [1.54, 1.807) is 26.5 Å². The predicted octanol–water partition coefficient (Wildman–Crippen LogP) is 2.24. The third kappa shape index (κ3) is 3.39. The number of nitrogens with zero attached hydrogens (tertiary/aromatic N) is 1. The van der Waals surface area contributed by atoms with Crippen LogP contribution in [0.3, 0.4) is 0 Å². The van der Waals surface area contributed by atoms with Gasteiger partial charge in [0.25, 0.3) is 0 Å². The number of hydrogen-bond donors (Lipinski definition) is 2. The summed E-state index contributed by atoms with van der Waals surface area (Å²) >= 11 is 0. The standard InChI is InChI=1S/C15H18N2O3/c1-19-13-5-3-4-12(8-13)17-14(10-18)11-6-7-15(20-2)16-9-11/h3-9,14,17-18H,10H2,1-2H3. The summed E-state index contributed by atoms with van der Waals surface area (Å²) in [5, 5.41) is 12.8. The highest BCUT2D eigenvalue weighted by Gasteiger charge is 2.11. The van der Waals surface area contributed by atoms with Crippen molar-refractivity contribution >= 4 is 5.69 Å². The van der Waals surface area contributed by atoms with E-state index in [-0.39, 0.29) is 12.6 Å². The second-order valence-electron chi connectivity index (χ2n) is 4.25. The molecule has 5 heteroatoms. The fourth-order valence-electron chi connectivity index (χ4n) is 1.87. The topological polar surface area (TPSA) is 63.6 Å². The number of hydrogen-bond acceptors (Lipinski definition) is 5. The second-order valence-corrected chi connectivity index (χ2v) is 4.25. The van der Waals surface area contributed by atoms with Gasteiger partial charge in [-0.2, -0.15) is 0 Å². The minimum absolute atomic E-state index is 0.0365. The smallest absolute Gasteiger partial charge is 0.212 e. The highest BCUT2D eigenvalue weighted by atomic mass is 16.5. The van der Waals surface area contributed by atoms with Crippen LogP contribution in [0.4, 0.5) is 5.69 Å². The first-order valence-electron chi connectivity index (χ1n) is 6.28. The molecule has 0 amide bonds. The fourth-order valence-corrected chi connectivity index (χ4v) is 1.87. The van der Waals surface area contributed by atoms with Gasteiger partial charge in [-0.25, -0.2) is 4.98 Å². The van der Waals surface area contributed by atoms with Gasteiger partial charge in [-0.05, 0) is 23.8 Å². The summed E-state index contributed by atoms with van der Waals surface area (Å²) in [5.74, 6) is 1.31. The molecule has 0 saturated heterocycles. The molecule has 1 aromatic heterocycles. The lowest BCUT2D eigenvalue weighted by molar-refractivity contribution is 0.276. The van der Waals surface area contributed by atoms with E-state index >= 15 is 0 Å². The number of anilines is 1. The average molecular weight is 274 g/mol. The zero-order valence-corrected chi connectivity index (χ0v) is 11.5. The van der Waals surface area contributed by atoms with Crippen LogP contribution in [0.2, 0.25) is 0 Å². The van der Waals surface area contributed by atoms with Gasteiger partial charge in [0.15, 0.2) is 0 Å². The Balaban J connectivity index is 2.14. The van der Waals surface area contributed by atoms with Gasteiger partial charge >= 0.3 is 0 Å². The minimum atomic E-state index is -0.236. The van der Waals surface area contributed by atoms with Gasteiger partial charge in [0.05, 0.1) is 26.9 Å². The van der Waals surface area contributed by atoms with Crippen LogP contribution in [0, 0.1) is 0 Å². The summed E-state index contributed by atoms with van der Waals surface area (Å²) in [6, 6.07) is 11.0. The zero-order valence-electron chi connectivity index (χ0n) is 11.5. The van der Waals surface area contributed by atoms with Gasteiger partial charge < -0.3 is 19.9 Å². The van der Waals surface area contributed by atoms with Crippen molar-refractivity contribution in [1.82, 2.24) is 4.98 Å². The minimum Gasteiger partial charge on any atom is -0.497 e. The van der Waals surface area contributed by atoms with Crippen LogP contribution in [0.25, 0.3) is 0 Å². The summed E-state index contributed by atoms with van der Waals surface area (Å²) in [7, 11) is 3.19. The van der Waals surface area contributed by atoms with Gasteiger partial charge in [0, 0.05) is 24.0 Å². The van der Waals surface area contributed by atoms with E-state index in [4.69, 9.17) is 9.47 Å². The lowest BCUT2D eigenvalue weighted by Crippen LogP contribution is -2.15. The second kappa shape index (κ2) is 6.77. The first kappa shape index (κ1) is 14.1. The van der Waals surface area contributed by atoms with E-state index in [0.717, 1.165) is 17.0 Å². The zero-order chi connectivity index (χ0) is 14.4. The first-order valence-corrected chi connectivity index (χ1v) is 6.28. The molecule has 2 N–H and O–H groups in total. The van der Waals surface area contributed by atoms with Gasteiger partial charge in [0.1, 0.15) is 5.75 Å². The molecule has 0 fully saturated rings. The molecule has 0 bridgehead atoms. The van der Waals surface area contributed by atoms with Gasteiger partial charge in [-0.15, -0.1) is 0 Å². The number of ether oxygens (including phenoxy) is 2. The maximum atomic E-state index is 9.54. The fraction of sp³-hybridized carbons (Fsp3) is 0.267. The van der Waals surface area contributed by atoms with Crippen molar-refractivity contribution in [2.45, 2.75) is 6.04 Å². The summed E-state index contributed by atoms with van der Waals surface area (Å²) in [4.78, 5) is 4.14. The molecule has 0 aliphatic rings. The molecule has 2 aromatic rings. The summed E-state index contributed by atoms with van der Waals surface area (Å²) in [6.07, 6.45) is 1.69. The maximum Gasteiger partial charge on any atom is 0.212 e. The molecule has 0 aliphatic carbocycles. The maximum absolute atomic E-state index is 9.54. The monoisotopic (exact) mass is 274 g/mol. The average Bonchev–Trinajstić information content (AvgIpc) is 2.53. The van der Waals surface area contributed by atoms with E-state index in [1.165, 1.54) is 0 Å². The van der Waals surface area contributed by atoms with Crippen LogP contribution >= 0.6 is 0 Å². The van der Waals surface area contributed by atoms with Crippen molar-refractivity contribution in [2.75, 3.05) is 26.1 Å². The van der Waals surface area contributed by atoms with Crippen LogP contribution in [-0.2, 0) is 0 Å². The molecular weight excluding hydrogens is 256 g/mol. The van der Waals surface area contributed by atoms with Crippen molar-refractivity contribution in [3.8, 4) is 11.6 Å². The lowest BCUT2D eigenvalue weighted by atomic mass is 10.1. The Bertz CT molecular complexity index is 543. The highest BCUT2D eigenvalue weighted by Crippen LogP contribution is 2.23. The van der Waals surface area contributed by atoms with Crippen molar-refractivity contribution < 1.29 is 14.6 Å². The van der Waals surface area contributed by atoms with Gasteiger partial charge in [0.2, 0.25) is 5.88 Å². The van der Waals surface area contributed by atoms with E-state index in [1.807, 2.05) is 30.3 Å². The SMILES string of the molecule is COc1cccc(NC(CO)c2ccc(OC)nc2)c1. The number of pyridine rings is 1. The van der Waals surface area contributed by atoms with Gasteiger partial charge in [-0.1, -0.05) is 6.07 Å². The molecule has 2 rings (SSSR count). The molecule has 1 aromatic carbocycles. The molecule has 0 spiro atoms. The Morgan fingerprint density at radius 1 is 1.20 bits per heavy atom. The number of rotatable bonds is 6. The lowest BCUT2D eigenvalue weighted by Gasteiger charge is -2.18. The van der Waals surface area contributed by atoms with Crippen LogP contribution in [-0.4, -0.2) is 30.9 Å². The Morgan fingerprint density at radius 3 is 2.65 bits per heavy atom. The molecule has 5 nitrogen and oxygen atoms in total. The van der Waals surface area contributed by atoms with Crippen molar-refractivity contribution in [3.63, 3.8) is 0 Å². The third-order valence-corrected chi connectivity index (χ3v) is 2.96. The predicted molar refractivity (Wildman–Crippen MR) is 77.2 cm³/mol. The van der Waals surface area contributed by atoms with Crippen molar-refractivity contribution in [1.29, 1.82) is 0 Å². The van der Waals surface area contributed by atoms with Crippen LogP contribution in [0.15, 0.2) is 42.6 Å². The molecular formula is C15H18N2O3. The van der Waals surface area contributed by atoms with Crippen LogP contribution < -0.4 is 14.8 Å². The first-order chi connectivity index (χ1) is 9.76. The number of aliphatic hydroxyl groups is 1. The molecule has 0 saturated carbocycles. The van der Waals surface area contributed by atoms with Crippen LogP contribution in [0.1, 0.15) is 11.6 Å². The quantitative estimate of drug-likeness (QED) is 0.846. The summed E-state index contributed by atoms with van der Waals surface area (Å²) < 4.78 is 10.2. The molecule has 0 radical (unpaired) electrons. The number of aromatic nitrogens is 1.